The third-order valence-electron chi connectivity index (χ3n) is 3.48. The van der Waals surface area contributed by atoms with Crippen LogP contribution >= 0.6 is 0 Å². The molecule has 1 aromatic heterocycles. The number of anilines is 2. The van der Waals surface area contributed by atoms with Crippen LogP contribution in [0.1, 0.15) is 16.8 Å². The second kappa shape index (κ2) is 5.87. The van der Waals surface area contributed by atoms with Gasteiger partial charge in [0.05, 0.1) is 37.4 Å². The molecule has 7 heteroatoms. The smallest absolute Gasteiger partial charge is 0.257 e. The Morgan fingerprint density at radius 3 is 2.82 bits per heavy atom. The maximum atomic E-state index is 12.4. The summed E-state index contributed by atoms with van der Waals surface area (Å²) < 4.78 is 5.13. The zero-order valence-corrected chi connectivity index (χ0v) is 11.8. The molecule has 0 bridgehead atoms. The van der Waals surface area contributed by atoms with Crippen molar-refractivity contribution in [3.63, 3.8) is 0 Å². The lowest BCUT2D eigenvalue weighted by atomic mass is 9.93. The number of rotatable bonds is 5. The van der Waals surface area contributed by atoms with Crippen LogP contribution in [0, 0.1) is 11.3 Å². The summed E-state index contributed by atoms with van der Waals surface area (Å²) in [5.41, 5.74) is 0.653. The number of carbonyl (C=O) groups excluding carboxylic acids is 1. The van der Waals surface area contributed by atoms with Crippen LogP contribution in [-0.2, 0) is 4.74 Å². The lowest BCUT2D eigenvalue weighted by molar-refractivity contribution is -0.0668. The normalized spacial score (nSPS) is 15.4. The molecule has 1 saturated heterocycles. The van der Waals surface area contributed by atoms with Crippen molar-refractivity contribution in [2.75, 3.05) is 18.5 Å². The number of nitrogens with zero attached hydrogens (tertiary/aromatic N) is 2. The Labute approximate surface area is 127 Å². The van der Waals surface area contributed by atoms with E-state index in [1.807, 2.05) is 30.3 Å². The van der Waals surface area contributed by atoms with Crippen LogP contribution in [0.2, 0.25) is 0 Å². The van der Waals surface area contributed by atoms with Crippen LogP contribution in [0.15, 0.2) is 36.5 Å². The molecular weight excluding hydrogens is 282 g/mol. The van der Waals surface area contributed by atoms with Gasteiger partial charge in [0.2, 0.25) is 0 Å². The molecule has 1 fully saturated rings. The van der Waals surface area contributed by atoms with E-state index in [-0.39, 0.29) is 12.3 Å². The summed E-state index contributed by atoms with van der Waals surface area (Å²) in [4.78, 5) is 12.4. The molecule has 7 nitrogen and oxygen atoms in total. The molecule has 0 spiro atoms. The molecule has 0 aliphatic carbocycles. The zero-order valence-electron chi connectivity index (χ0n) is 11.8. The number of nitriles is 1. The van der Waals surface area contributed by atoms with E-state index in [9.17, 15) is 4.79 Å². The van der Waals surface area contributed by atoms with Gasteiger partial charge in [-0.3, -0.25) is 9.89 Å². The second-order valence-corrected chi connectivity index (χ2v) is 5.21. The molecule has 0 saturated carbocycles. The molecule has 3 N–H and O–H groups in total. The first kappa shape index (κ1) is 14.1. The van der Waals surface area contributed by atoms with Gasteiger partial charge in [0, 0.05) is 5.69 Å². The van der Waals surface area contributed by atoms with Gasteiger partial charge in [-0.1, -0.05) is 18.2 Å². The first-order valence-electron chi connectivity index (χ1n) is 6.85. The van der Waals surface area contributed by atoms with Gasteiger partial charge in [-0.2, -0.15) is 10.4 Å². The number of nitrogens with one attached hydrogen (secondary N) is 3. The maximum absolute atomic E-state index is 12.4. The highest BCUT2D eigenvalue weighted by Crippen LogP contribution is 2.23. The monoisotopic (exact) mass is 297 g/mol. The Balaban J connectivity index is 1.74. The SMILES string of the molecule is N#CCC1(NC(=O)c2cn[nH]c2Nc2ccccc2)COC1. The van der Waals surface area contributed by atoms with E-state index in [0.717, 1.165) is 5.69 Å². The number of aromatic nitrogens is 2. The fraction of sp³-hybridized carbons (Fsp3) is 0.267. The number of benzene rings is 1. The molecule has 1 aliphatic heterocycles. The molecule has 22 heavy (non-hydrogen) atoms. The second-order valence-electron chi connectivity index (χ2n) is 5.21. The Hall–Kier alpha value is -2.85. The van der Waals surface area contributed by atoms with E-state index in [4.69, 9.17) is 10.00 Å². The first-order chi connectivity index (χ1) is 10.7. The van der Waals surface area contributed by atoms with Crippen molar-refractivity contribution in [2.24, 2.45) is 0 Å². The lowest BCUT2D eigenvalue weighted by Crippen LogP contribution is -2.61. The fourth-order valence-electron chi connectivity index (χ4n) is 2.25. The molecule has 3 rings (SSSR count). The Morgan fingerprint density at radius 1 is 1.41 bits per heavy atom. The van der Waals surface area contributed by atoms with Crippen LogP contribution in [0.25, 0.3) is 0 Å². The van der Waals surface area contributed by atoms with Gasteiger partial charge in [0.25, 0.3) is 5.91 Å². The molecule has 2 heterocycles. The van der Waals surface area contributed by atoms with Crippen molar-refractivity contribution in [3.05, 3.63) is 42.1 Å². The third kappa shape index (κ3) is 2.77. The largest absolute Gasteiger partial charge is 0.376 e. The first-order valence-corrected chi connectivity index (χ1v) is 6.85. The maximum Gasteiger partial charge on any atom is 0.257 e. The number of H-pyrrole nitrogens is 1. The Morgan fingerprint density at radius 2 is 2.18 bits per heavy atom. The minimum absolute atomic E-state index is 0.220. The molecule has 0 atom stereocenters. The van der Waals surface area contributed by atoms with Gasteiger partial charge in [-0.25, -0.2) is 0 Å². The Kier molecular flexibility index (Phi) is 3.76. The lowest BCUT2D eigenvalue weighted by Gasteiger charge is -2.40. The summed E-state index contributed by atoms with van der Waals surface area (Å²) in [7, 11) is 0. The average Bonchev–Trinajstić information content (AvgIpc) is 2.94. The third-order valence-corrected chi connectivity index (χ3v) is 3.48. The van der Waals surface area contributed by atoms with Crippen molar-refractivity contribution < 1.29 is 9.53 Å². The van der Waals surface area contributed by atoms with Gasteiger partial charge < -0.3 is 15.4 Å². The van der Waals surface area contributed by atoms with E-state index in [1.54, 1.807) is 0 Å². The minimum atomic E-state index is -0.590. The topological polar surface area (TPSA) is 103 Å². The number of hydrogen-bond acceptors (Lipinski definition) is 5. The quantitative estimate of drug-likeness (QED) is 0.777. The van der Waals surface area contributed by atoms with Gasteiger partial charge in [-0.05, 0) is 12.1 Å². The predicted molar refractivity (Wildman–Crippen MR) is 79.6 cm³/mol. The van der Waals surface area contributed by atoms with Crippen molar-refractivity contribution in [3.8, 4) is 6.07 Å². The number of ether oxygens (including phenoxy) is 1. The molecular formula is C15H15N5O2. The number of para-hydroxylation sites is 1. The summed E-state index contributed by atoms with van der Waals surface area (Å²) in [6.07, 6.45) is 1.68. The van der Waals surface area contributed by atoms with Crippen molar-refractivity contribution >= 4 is 17.4 Å². The van der Waals surface area contributed by atoms with E-state index in [2.05, 4.69) is 26.9 Å². The summed E-state index contributed by atoms with van der Waals surface area (Å²) in [6.45, 7) is 0.706. The number of amides is 1. The van der Waals surface area contributed by atoms with E-state index >= 15 is 0 Å². The molecule has 0 radical (unpaired) electrons. The van der Waals surface area contributed by atoms with Crippen LogP contribution in [0.4, 0.5) is 11.5 Å². The molecule has 1 amide bonds. The highest BCUT2D eigenvalue weighted by molar-refractivity contribution is 5.99. The van der Waals surface area contributed by atoms with Crippen molar-refractivity contribution in [2.45, 2.75) is 12.0 Å². The van der Waals surface area contributed by atoms with E-state index in [0.29, 0.717) is 24.6 Å². The highest BCUT2D eigenvalue weighted by atomic mass is 16.5. The minimum Gasteiger partial charge on any atom is -0.376 e. The average molecular weight is 297 g/mol. The standard InChI is InChI=1S/C15H15N5O2/c16-7-6-15(9-22-10-15)19-14(21)12-8-17-20-13(12)18-11-4-2-1-3-5-11/h1-5,8H,6,9-10H2,(H,19,21)(H2,17,18,20). The van der Waals surface area contributed by atoms with Crippen molar-refractivity contribution in [1.82, 2.24) is 15.5 Å². The van der Waals surface area contributed by atoms with Crippen molar-refractivity contribution in [1.29, 1.82) is 5.26 Å². The molecule has 0 unspecified atom stereocenters. The summed E-state index contributed by atoms with van der Waals surface area (Å²) >= 11 is 0. The highest BCUT2D eigenvalue weighted by Gasteiger charge is 2.40. The molecule has 1 aromatic carbocycles. The van der Waals surface area contributed by atoms with Gasteiger partial charge in [-0.15, -0.1) is 0 Å². The number of carbonyl (C=O) groups is 1. The van der Waals surface area contributed by atoms with Crippen LogP contribution in [-0.4, -0.2) is 34.9 Å². The Bertz CT molecular complexity index is 700. The molecule has 1 aliphatic rings. The van der Waals surface area contributed by atoms with Gasteiger partial charge in [0.1, 0.15) is 11.4 Å². The predicted octanol–water partition coefficient (Wildman–Crippen LogP) is 1.57. The van der Waals surface area contributed by atoms with Crippen LogP contribution < -0.4 is 10.6 Å². The van der Waals surface area contributed by atoms with Gasteiger partial charge >= 0.3 is 0 Å². The summed E-state index contributed by atoms with van der Waals surface area (Å²) in [5.74, 6) is 0.224. The zero-order chi connectivity index (χ0) is 15.4. The number of hydrogen-bond donors (Lipinski definition) is 3. The summed E-state index contributed by atoms with van der Waals surface area (Å²) in [6, 6.07) is 11.6. The molecule has 2 aromatic rings. The van der Waals surface area contributed by atoms with E-state index < -0.39 is 5.54 Å². The van der Waals surface area contributed by atoms with Crippen LogP contribution in [0.3, 0.4) is 0 Å². The molecule has 112 valence electrons. The summed E-state index contributed by atoms with van der Waals surface area (Å²) in [5, 5.41) is 21.5. The van der Waals surface area contributed by atoms with Gasteiger partial charge in [0.15, 0.2) is 0 Å². The van der Waals surface area contributed by atoms with Crippen LogP contribution in [0.5, 0.6) is 0 Å². The number of aromatic amines is 1. The fourth-order valence-corrected chi connectivity index (χ4v) is 2.25. The van der Waals surface area contributed by atoms with E-state index in [1.165, 1.54) is 6.20 Å².